The molecule has 1 aliphatic rings. The number of amides is 1. The van der Waals surface area contributed by atoms with Crippen molar-refractivity contribution in [2.45, 2.75) is 6.42 Å². The number of hydrogen-bond acceptors (Lipinski definition) is 6. The summed E-state index contributed by atoms with van der Waals surface area (Å²) < 4.78 is 4.60. The van der Waals surface area contributed by atoms with Crippen molar-refractivity contribution in [2.75, 3.05) is 18.6 Å². The third-order valence-corrected chi connectivity index (χ3v) is 2.95. The Labute approximate surface area is 89.9 Å². The molecule has 15 heavy (non-hydrogen) atoms. The fourth-order valence-electron chi connectivity index (χ4n) is 1.50. The highest BCUT2D eigenvalue weighted by Crippen LogP contribution is 2.26. The lowest BCUT2D eigenvalue weighted by atomic mass is 10.1. The molecule has 2 heterocycles. The van der Waals surface area contributed by atoms with Gasteiger partial charge >= 0.3 is 5.97 Å². The molecule has 1 amide bonds. The molecule has 0 aliphatic carbocycles. The molecule has 1 saturated heterocycles. The van der Waals surface area contributed by atoms with E-state index in [-0.39, 0.29) is 24.2 Å². The number of esters is 1. The minimum Gasteiger partial charge on any atom is -0.469 e. The Morgan fingerprint density at radius 2 is 2.53 bits per heavy atom. The summed E-state index contributed by atoms with van der Waals surface area (Å²) in [4.78, 5) is 24.3. The molecule has 2 rings (SSSR count). The van der Waals surface area contributed by atoms with Gasteiger partial charge in [0.1, 0.15) is 5.51 Å². The van der Waals surface area contributed by atoms with Crippen LogP contribution in [0.5, 0.6) is 0 Å². The highest BCUT2D eigenvalue weighted by atomic mass is 32.1. The number of aromatic nitrogens is 2. The van der Waals surface area contributed by atoms with Crippen LogP contribution in [0.15, 0.2) is 5.51 Å². The van der Waals surface area contributed by atoms with Gasteiger partial charge in [0, 0.05) is 13.0 Å². The number of nitrogens with zero attached hydrogens (tertiary/aromatic N) is 3. The zero-order valence-corrected chi connectivity index (χ0v) is 8.86. The summed E-state index contributed by atoms with van der Waals surface area (Å²) >= 11 is 1.28. The van der Waals surface area contributed by atoms with E-state index in [1.165, 1.54) is 23.3 Å². The van der Waals surface area contributed by atoms with Crippen LogP contribution < -0.4 is 4.90 Å². The largest absolute Gasteiger partial charge is 0.469 e. The first-order valence-corrected chi connectivity index (χ1v) is 5.24. The number of carbonyl (C=O) groups is 2. The van der Waals surface area contributed by atoms with Gasteiger partial charge in [-0.25, -0.2) is 0 Å². The molecule has 1 aliphatic heterocycles. The van der Waals surface area contributed by atoms with E-state index >= 15 is 0 Å². The van der Waals surface area contributed by atoms with Crippen molar-refractivity contribution in [3.8, 4) is 0 Å². The van der Waals surface area contributed by atoms with E-state index in [9.17, 15) is 9.59 Å². The highest BCUT2D eigenvalue weighted by molar-refractivity contribution is 7.13. The van der Waals surface area contributed by atoms with E-state index < -0.39 is 0 Å². The van der Waals surface area contributed by atoms with Crippen molar-refractivity contribution in [3.05, 3.63) is 5.51 Å². The number of anilines is 1. The second-order valence-electron chi connectivity index (χ2n) is 3.15. The third kappa shape index (κ3) is 1.82. The van der Waals surface area contributed by atoms with Crippen LogP contribution in [0.4, 0.5) is 5.13 Å². The average Bonchev–Trinajstić information content (AvgIpc) is 2.84. The fraction of sp³-hybridized carbons (Fsp3) is 0.500. The van der Waals surface area contributed by atoms with Gasteiger partial charge in [-0.2, -0.15) is 0 Å². The molecule has 6 nitrogen and oxygen atoms in total. The summed E-state index contributed by atoms with van der Waals surface area (Å²) in [6, 6.07) is 0. The van der Waals surface area contributed by atoms with Crippen molar-refractivity contribution < 1.29 is 14.3 Å². The molecule has 80 valence electrons. The van der Waals surface area contributed by atoms with E-state index in [1.54, 1.807) is 5.51 Å². The van der Waals surface area contributed by atoms with Crippen molar-refractivity contribution in [3.63, 3.8) is 0 Å². The molecule has 1 aromatic rings. The van der Waals surface area contributed by atoms with Crippen LogP contribution in [0.3, 0.4) is 0 Å². The lowest BCUT2D eigenvalue weighted by Crippen LogP contribution is -2.26. The number of methoxy groups -OCH3 is 1. The summed E-state index contributed by atoms with van der Waals surface area (Å²) in [5, 5.41) is 7.97. The van der Waals surface area contributed by atoms with Crippen LogP contribution in [-0.2, 0) is 14.3 Å². The van der Waals surface area contributed by atoms with Crippen LogP contribution in [0.25, 0.3) is 0 Å². The number of carbonyl (C=O) groups excluding carboxylic acids is 2. The monoisotopic (exact) mass is 227 g/mol. The molecule has 0 bridgehead atoms. The maximum absolute atomic E-state index is 11.6. The summed E-state index contributed by atoms with van der Waals surface area (Å²) in [7, 11) is 1.32. The van der Waals surface area contributed by atoms with E-state index in [1.807, 2.05) is 0 Å². The normalized spacial score (nSPS) is 20.7. The average molecular weight is 227 g/mol. The Morgan fingerprint density at radius 1 is 1.73 bits per heavy atom. The van der Waals surface area contributed by atoms with Gasteiger partial charge in [-0.05, 0) is 0 Å². The lowest BCUT2D eigenvalue weighted by molar-refractivity contribution is -0.145. The molecule has 1 atom stereocenters. The van der Waals surface area contributed by atoms with E-state index in [2.05, 4.69) is 14.9 Å². The second-order valence-corrected chi connectivity index (χ2v) is 3.96. The maximum Gasteiger partial charge on any atom is 0.311 e. The van der Waals surface area contributed by atoms with Crippen LogP contribution in [0.2, 0.25) is 0 Å². The van der Waals surface area contributed by atoms with Gasteiger partial charge in [-0.15, -0.1) is 10.2 Å². The molecule has 7 heteroatoms. The van der Waals surface area contributed by atoms with Crippen molar-refractivity contribution in [1.29, 1.82) is 0 Å². The predicted octanol–water partition coefficient (Wildman–Crippen LogP) is 0.0640. The number of rotatable bonds is 2. The van der Waals surface area contributed by atoms with E-state index in [0.29, 0.717) is 11.7 Å². The smallest absolute Gasteiger partial charge is 0.311 e. The molecule has 0 saturated carbocycles. The van der Waals surface area contributed by atoms with Crippen molar-refractivity contribution >= 4 is 28.3 Å². The van der Waals surface area contributed by atoms with Crippen LogP contribution in [0.1, 0.15) is 6.42 Å². The quantitative estimate of drug-likeness (QED) is 0.668. The fourth-order valence-corrected chi connectivity index (χ4v) is 2.09. The molecule has 1 aromatic heterocycles. The van der Waals surface area contributed by atoms with Gasteiger partial charge in [0.2, 0.25) is 11.0 Å². The molecule has 1 fully saturated rings. The Bertz CT molecular complexity index is 378. The van der Waals surface area contributed by atoms with Gasteiger partial charge in [0.05, 0.1) is 13.0 Å². The zero-order valence-electron chi connectivity index (χ0n) is 8.04. The Hall–Kier alpha value is -1.50. The first-order chi connectivity index (χ1) is 7.22. The summed E-state index contributed by atoms with van der Waals surface area (Å²) in [5.41, 5.74) is 1.55. The van der Waals surface area contributed by atoms with Gasteiger partial charge in [0.25, 0.3) is 0 Å². The standard InChI is InChI=1S/C8H9N3O3S/c1-14-7(13)5-2-6(12)11(3-5)8-10-9-4-15-8/h4-5H,2-3H2,1H3. The summed E-state index contributed by atoms with van der Waals surface area (Å²) in [5.74, 6) is -0.844. The maximum atomic E-state index is 11.6. The predicted molar refractivity (Wildman–Crippen MR) is 52.4 cm³/mol. The number of ether oxygens (including phenoxy) is 1. The Balaban J connectivity index is 2.11. The summed E-state index contributed by atoms with van der Waals surface area (Å²) in [6.07, 6.45) is 0.187. The van der Waals surface area contributed by atoms with Crippen LogP contribution in [0, 0.1) is 5.92 Å². The highest BCUT2D eigenvalue weighted by Gasteiger charge is 2.36. The van der Waals surface area contributed by atoms with Gasteiger partial charge in [0.15, 0.2) is 0 Å². The van der Waals surface area contributed by atoms with E-state index in [4.69, 9.17) is 0 Å². The first-order valence-electron chi connectivity index (χ1n) is 4.36. The molecule has 0 N–H and O–H groups in total. The second kappa shape index (κ2) is 3.93. The first kappa shape index (κ1) is 10.0. The van der Waals surface area contributed by atoms with Crippen molar-refractivity contribution in [2.24, 2.45) is 5.92 Å². The summed E-state index contributed by atoms with van der Waals surface area (Å²) in [6.45, 7) is 0.334. The van der Waals surface area contributed by atoms with Gasteiger partial charge in [-0.3, -0.25) is 14.5 Å². The zero-order chi connectivity index (χ0) is 10.8. The molecule has 1 unspecified atom stereocenters. The Morgan fingerprint density at radius 3 is 3.13 bits per heavy atom. The van der Waals surface area contributed by atoms with Crippen LogP contribution in [-0.4, -0.2) is 35.7 Å². The van der Waals surface area contributed by atoms with Gasteiger partial charge < -0.3 is 4.74 Å². The van der Waals surface area contributed by atoms with E-state index in [0.717, 1.165) is 0 Å². The minimum absolute atomic E-state index is 0.109. The molecular weight excluding hydrogens is 218 g/mol. The SMILES string of the molecule is COC(=O)C1CC(=O)N(c2nncs2)C1. The lowest BCUT2D eigenvalue weighted by Gasteiger charge is -2.10. The van der Waals surface area contributed by atoms with Crippen molar-refractivity contribution in [1.82, 2.24) is 10.2 Å². The van der Waals surface area contributed by atoms with Gasteiger partial charge in [-0.1, -0.05) is 11.3 Å². The van der Waals surface area contributed by atoms with Crippen LogP contribution >= 0.6 is 11.3 Å². The molecular formula is C8H9N3O3S. The Kier molecular flexibility index (Phi) is 2.63. The third-order valence-electron chi connectivity index (χ3n) is 2.24. The minimum atomic E-state index is -0.383. The molecule has 0 radical (unpaired) electrons. The topological polar surface area (TPSA) is 72.4 Å². The number of hydrogen-bond donors (Lipinski definition) is 0. The molecule has 0 spiro atoms. The molecule has 0 aromatic carbocycles.